The Morgan fingerprint density at radius 3 is 2.61 bits per heavy atom. The highest BCUT2D eigenvalue weighted by Gasteiger charge is 2.26. The first kappa shape index (κ1) is 20.8. The van der Waals surface area contributed by atoms with Crippen molar-refractivity contribution in [2.75, 3.05) is 7.05 Å². The SMILES string of the molecule is CN(Cc1ccccc1F)C(=O)C(Cc1c[nH]c2ccccc12)NC(=O)c1cccs1. The van der Waals surface area contributed by atoms with E-state index in [9.17, 15) is 14.0 Å². The Bertz CT molecular complexity index is 1200. The molecule has 7 heteroatoms. The lowest BCUT2D eigenvalue weighted by Gasteiger charge is -2.25. The molecule has 0 spiro atoms. The smallest absolute Gasteiger partial charge is 0.262 e. The minimum Gasteiger partial charge on any atom is -0.361 e. The van der Waals surface area contributed by atoms with Gasteiger partial charge < -0.3 is 15.2 Å². The number of hydrogen-bond donors (Lipinski definition) is 2. The van der Waals surface area contributed by atoms with Gasteiger partial charge in [0.25, 0.3) is 5.91 Å². The van der Waals surface area contributed by atoms with E-state index in [0.29, 0.717) is 16.9 Å². The molecule has 2 amide bonds. The highest BCUT2D eigenvalue weighted by Crippen LogP contribution is 2.20. The molecule has 0 fully saturated rings. The molecule has 5 nitrogen and oxygen atoms in total. The number of thiophene rings is 1. The minimum atomic E-state index is -0.787. The van der Waals surface area contributed by atoms with Gasteiger partial charge in [0.05, 0.1) is 4.88 Å². The van der Waals surface area contributed by atoms with Crippen LogP contribution in [0.5, 0.6) is 0 Å². The van der Waals surface area contributed by atoms with E-state index in [0.717, 1.165) is 16.5 Å². The largest absolute Gasteiger partial charge is 0.361 e. The summed E-state index contributed by atoms with van der Waals surface area (Å²) in [7, 11) is 1.62. The molecule has 2 aromatic carbocycles. The number of amides is 2. The van der Waals surface area contributed by atoms with Gasteiger partial charge in [0.2, 0.25) is 5.91 Å². The van der Waals surface area contributed by atoms with Crippen LogP contribution in [-0.2, 0) is 17.8 Å². The van der Waals surface area contributed by atoms with Crippen LogP contribution in [0.4, 0.5) is 4.39 Å². The second-order valence-corrected chi connectivity index (χ2v) is 8.30. The molecule has 0 aliphatic heterocycles. The number of benzene rings is 2. The highest BCUT2D eigenvalue weighted by molar-refractivity contribution is 7.12. The molecule has 2 heterocycles. The number of H-pyrrole nitrogens is 1. The Morgan fingerprint density at radius 1 is 1.06 bits per heavy atom. The Labute approximate surface area is 183 Å². The zero-order chi connectivity index (χ0) is 21.8. The molecule has 4 rings (SSSR count). The van der Waals surface area contributed by atoms with Crippen molar-refractivity contribution in [2.24, 2.45) is 0 Å². The van der Waals surface area contributed by atoms with Gasteiger partial charge in [0.1, 0.15) is 11.9 Å². The summed E-state index contributed by atoms with van der Waals surface area (Å²) in [6.45, 7) is 0.116. The molecule has 0 saturated heterocycles. The number of para-hydroxylation sites is 1. The van der Waals surface area contributed by atoms with Crippen LogP contribution in [0.3, 0.4) is 0 Å². The summed E-state index contributed by atoms with van der Waals surface area (Å²) in [4.78, 5) is 31.2. The monoisotopic (exact) mass is 435 g/mol. The summed E-state index contributed by atoms with van der Waals surface area (Å²) in [6.07, 6.45) is 2.18. The molecule has 0 saturated carbocycles. The molecule has 0 bridgehead atoms. The van der Waals surface area contributed by atoms with E-state index >= 15 is 0 Å². The van der Waals surface area contributed by atoms with E-state index in [-0.39, 0.29) is 24.2 Å². The van der Waals surface area contributed by atoms with Gasteiger partial charge in [-0.25, -0.2) is 4.39 Å². The number of halogens is 1. The van der Waals surface area contributed by atoms with Gasteiger partial charge in [0, 0.05) is 42.7 Å². The number of hydrogen-bond acceptors (Lipinski definition) is 3. The Kier molecular flexibility index (Phi) is 6.13. The van der Waals surface area contributed by atoms with Crippen molar-refractivity contribution >= 4 is 34.1 Å². The number of carbonyl (C=O) groups is 2. The lowest BCUT2D eigenvalue weighted by Crippen LogP contribution is -2.48. The minimum absolute atomic E-state index is 0.116. The fourth-order valence-corrected chi connectivity index (χ4v) is 4.21. The van der Waals surface area contributed by atoms with Crippen LogP contribution in [0.2, 0.25) is 0 Å². The van der Waals surface area contributed by atoms with Crippen molar-refractivity contribution in [2.45, 2.75) is 19.0 Å². The maximum Gasteiger partial charge on any atom is 0.262 e. The second kappa shape index (κ2) is 9.14. The number of aromatic nitrogens is 1. The number of likely N-dealkylation sites (N-methyl/N-ethyl adjacent to an activating group) is 1. The zero-order valence-electron chi connectivity index (χ0n) is 17.0. The Hall–Kier alpha value is -3.45. The molecule has 2 N–H and O–H groups in total. The molecular weight excluding hydrogens is 413 g/mol. The number of nitrogens with one attached hydrogen (secondary N) is 2. The fourth-order valence-electron chi connectivity index (χ4n) is 3.58. The summed E-state index contributed by atoms with van der Waals surface area (Å²) < 4.78 is 14.1. The summed E-state index contributed by atoms with van der Waals surface area (Å²) in [5.41, 5.74) is 2.32. The normalized spacial score (nSPS) is 11.9. The first-order valence-electron chi connectivity index (χ1n) is 9.90. The van der Waals surface area contributed by atoms with Gasteiger partial charge in [-0.15, -0.1) is 11.3 Å². The summed E-state index contributed by atoms with van der Waals surface area (Å²) >= 11 is 1.32. The average Bonchev–Trinajstić information content (AvgIpc) is 3.45. The van der Waals surface area contributed by atoms with Crippen molar-refractivity contribution in [1.29, 1.82) is 0 Å². The standard InChI is InChI=1S/C24H22FN3O2S/c1-28(15-16-7-2-4-9-19(16)25)24(30)21(27-23(29)22-11-6-12-31-22)13-17-14-26-20-10-5-3-8-18(17)20/h2-12,14,21,26H,13,15H2,1H3,(H,27,29). The van der Waals surface area contributed by atoms with Crippen molar-refractivity contribution in [3.05, 3.63) is 94.1 Å². The van der Waals surface area contributed by atoms with Crippen molar-refractivity contribution in [3.63, 3.8) is 0 Å². The van der Waals surface area contributed by atoms with Crippen molar-refractivity contribution < 1.29 is 14.0 Å². The molecule has 0 radical (unpaired) electrons. The van der Waals surface area contributed by atoms with Crippen LogP contribution in [0.25, 0.3) is 10.9 Å². The summed E-state index contributed by atoms with van der Waals surface area (Å²) in [6, 6.07) is 16.9. The van der Waals surface area contributed by atoms with E-state index in [1.54, 1.807) is 37.4 Å². The number of nitrogens with zero attached hydrogens (tertiary/aromatic N) is 1. The topological polar surface area (TPSA) is 65.2 Å². The summed E-state index contributed by atoms with van der Waals surface area (Å²) in [5.74, 6) is -0.941. The molecule has 1 atom stereocenters. The molecular formula is C24H22FN3O2S. The molecule has 0 aliphatic rings. The predicted molar refractivity (Wildman–Crippen MR) is 120 cm³/mol. The van der Waals surface area contributed by atoms with Crippen LogP contribution in [0.15, 0.2) is 72.2 Å². The molecule has 0 aliphatic carbocycles. The van der Waals surface area contributed by atoms with Crippen LogP contribution in [0, 0.1) is 5.82 Å². The molecule has 2 aromatic heterocycles. The van der Waals surface area contributed by atoms with Crippen molar-refractivity contribution in [3.8, 4) is 0 Å². The average molecular weight is 436 g/mol. The van der Waals surface area contributed by atoms with Crippen LogP contribution in [-0.4, -0.2) is 34.8 Å². The third kappa shape index (κ3) is 4.67. The molecule has 31 heavy (non-hydrogen) atoms. The van der Waals surface area contributed by atoms with E-state index in [4.69, 9.17) is 0 Å². The number of carbonyl (C=O) groups excluding carboxylic acids is 2. The number of fused-ring (bicyclic) bond motifs is 1. The van der Waals surface area contributed by atoms with Crippen molar-refractivity contribution in [1.82, 2.24) is 15.2 Å². The zero-order valence-corrected chi connectivity index (χ0v) is 17.8. The van der Waals surface area contributed by atoms with Gasteiger partial charge >= 0.3 is 0 Å². The Morgan fingerprint density at radius 2 is 1.84 bits per heavy atom. The first-order chi connectivity index (χ1) is 15.0. The summed E-state index contributed by atoms with van der Waals surface area (Å²) in [5, 5.41) is 5.69. The molecule has 4 aromatic rings. The number of aromatic amines is 1. The lowest BCUT2D eigenvalue weighted by molar-refractivity contribution is -0.132. The second-order valence-electron chi connectivity index (χ2n) is 7.35. The van der Waals surface area contributed by atoms with Crippen LogP contribution < -0.4 is 5.32 Å². The van der Waals surface area contributed by atoms with E-state index in [1.807, 2.05) is 35.8 Å². The fraction of sp³-hybridized carbons (Fsp3) is 0.167. The Balaban J connectivity index is 1.58. The maximum atomic E-state index is 14.1. The molecule has 1 unspecified atom stereocenters. The quantitative estimate of drug-likeness (QED) is 0.453. The molecule has 158 valence electrons. The van der Waals surface area contributed by atoms with Crippen LogP contribution in [0.1, 0.15) is 20.8 Å². The third-order valence-electron chi connectivity index (χ3n) is 5.19. The maximum absolute atomic E-state index is 14.1. The lowest BCUT2D eigenvalue weighted by atomic mass is 10.0. The highest BCUT2D eigenvalue weighted by atomic mass is 32.1. The van der Waals surface area contributed by atoms with Crippen LogP contribution >= 0.6 is 11.3 Å². The van der Waals surface area contributed by atoms with E-state index < -0.39 is 6.04 Å². The van der Waals surface area contributed by atoms with E-state index in [1.165, 1.54) is 22.3 Å². The van der Waals surface area contributed by atoms with Gasteiger partial charge in [-0.2, -0.15) is 0 Å². The first-order valence-corrected chi connectivity index (χ1v) is 10.8. The predicted octanol–water partition coefficient (Wildman–Crippen LogP) is 4.37. The third-order valence-corrected chi connectivity index (χ3v) is 6.06. The van der Waals surface area contributed by atoms with Gasteiger partial charge in [-0.05, 0) is 29.1 Å². The van der Waals surface area contributed by atoms with Gasteiger partial charge in [0.15, 0.2) is 0 Å². The van der Waals surface area contributed by atoms with Gasteiger partial charge in [-0.3, -0.25) is 9.59 Å². The van der Waals surface area contributed by atoms with Gasteiger partial charge in [-0.1, -0.05) is 42.5 Å². The van der Waals surface area contributed by atoms with E-state index in [2.05, 4.69) is 10.3 Å². The number of rotatable bonds is 7.